The number of carbonyl (C=O) groups excluding carboxylic acids is 2. The summed E-state index contributed by atoms with van der Waals surface area (Å²) in [5.74, 6) is -0.356. The number of hydrogen-bond donors (Lipinski definition) is 1. The Bertz CT molecular complexity index is 1290. The molecule has 9 heteroatoms. The summed E-state index contributed by atoms with van der Waals surface area (Å²) >= 11 is 0. The van der Waals surface area contributed by atoms with Gasteiger partial charge in [-0.2, -0.15) is 5.10 Å². The van der Waals surface area contributed by atoms with E-state index in [0.29, 0.717) is 17.0 Å². The summed E-state index contributed by atoms with van der Waals surface area (Å²) in [6, 6.07) is 21.6. The van der Waals surface area contributed by atoms with E-state index >= 15 is 0 Å². The predicted octanol–water partition coefficient (Wildman–Crippen LogP) is 4.08. The normalized spacial score (nSPS) is 11.4. The minimum absolute atomic E-state index is 0.0807. The van der Waals surface area contributed by atoms with Crippen LogP contribution in [0.5, 0.6) is 5.75 Å². The fraction of sp³-hybridized carbons (Fsp3) is 0.192. The summed E-state index contributed by atoms with van der Waals surface area (Å²) in [6.45, 7) is 4.94. The van der Waals surface area contributed by atoms with E-state index in [1.165, 1.54) is 25.3 Å². The number of nitrogens with zero attached hydrogens (tertiary/aromatic N) is 2. The summed E-state index contributed by atoms with van der Waals surface area (Å²) in [6.07, 6.45) is 1.41. The smallest absolute Gasteiger partial charge is 0.308 e. The summed E-state index contributed by atoms with van der Waals surface area (Å²) < 4.78 is 32.8. The molecule has 0 aliphatic carbocycles. The van der Waals surface area contributed by atoms with Gasteiger partial charge in [0.1, 0.15) is 12.3 Å². The van der Waals surface area contributed by atoms with Gasteiger partial charge in [-0.05, 0) is 65.6 Å². The van der Waals surface area contributed by atoms with Crippen LogP contribution in [0.15, 0.2) is 88.9 Å². The molecule has 3 aromatic rings. The third kappa shape index (κ3) is 7.00. The Kier molecular flexibility index (Phi) is 8.38. The van der Waals surface area contributed by atoms with E-state index in [-0.39, 0.29) is 10.8 Å². The van der Waals surface area contributed by atoms with Crippen molar-refractivity contribution in [2.45, 2.75) is 31.6 Å². The number of hydrazone groups is 1. The van der Waals surface area contributed by atoms with Gasteiger partial charge in [0.15, 0.2) is 0 Å². The van der Waals surface area contributed by atoms with Crippen molar-refractivity contribution in [1.29, 1.82) is 0 Å². The number of hydrogen-bond acceptors (Lipinski definition) is 6. The van der Waals surface area contributed by atoms with Gasteiger partial charge in [0.05, 0.1) is 16.8 Å². The predicted molar refractivity (Wildman–Crippen MR) is 135 cm³/mol. The van der Waals surface area contributed by atoms with E-state index in [0.717, 1.165) is 9.87 Å². The Morgan fingerprint density at radius 3 is 2.17 bits per heavy atom. The van der Waals surface area contributed by atoms with Gasteiger partial charge >= 0.3 is 5.97 Å². The van der Waals surface area contributed by atoms with Crippen LogP contribution in [0.25, 0.3) is 0 Å². The maximum absolute atomic E-state index is 13.4. The van der Waals surface area contributed by atoms with Gasteiger partial charge in [0.2, 0.25) is 0 Å². The van der Waals surface area contributed by atoms with Gasteiger partial charge in [-0.25, -0.2) is 13.8 Å². The van der Waals surface area contributed by atoms with E-state index in [1.54, 1.807) is 54.6 Å². The minimum Gasteiger partial charge on any atom is -0.427 e. The summed E-state index contributed by atoms with van der Waals surface area (Å²) in [7, 11) is -4.00. The van der Waals surface area contributed by atoms with Gasteiger partial charge in [0, 0.05) is 6.92 Å². The van der Waals surface area contributed by atoms with Gasteiger partial charge in [-0.3, -0.25) is 13.9 Å². The highest BCUT2D eigenvalue weighted by Crippen LogP contribution is 2.25. The Morgan fingerprint density at radius 2 is 1.60 bits per heavy atom. The highest BCUT2D eigenvalue weighted by molar-refractivity contribution is 7.92. The van der Waals surface area contributed by atoms with E-state index in [1.807, 2.05) is 26.0 Å². The molecule has 1 N–H and O–H groups in total. The van der Waals surface area contributed by atoms with E-state index in [4.69, 9.17) is 4.74 Å². The number of esters is 1. The summed E-state index contributed by atoms with van der Waals surface area (Å²) in [4.78, 5) is 23.7. The molecular weight excluding hydrogens is 466 g/mol. The number of nitrogens with one attached hydrogen (secondary N) is 1. The minimum atomic E-state index is -4.00. The Hall–Kier alpha value is -3.98. The lowest BCUT2D eigenvalue weighted by Gasteiger charge is -2.24. The third-order valence-corrected chi connectivity index (χ3v) is 6.80. The molecule has 35 heavy (non-hydrogen) atoms. The Morgan fingerprint density at radius 1 is 0.971 bits per heavy atom. The van der Waals surface area contributed by atoms with Crippen molar-refractivity contribution in [3.8, 4) is 5.75 Å². The summed E-state index contributed by atoms with van der Waals surface area (Å²) in [5.41, 5.74) is 4.45. The van der Waals surface area contributed by atoms with E-state index in [9.17, 15) is 18.0 Å². The van der Waals surface area contributed by atoms with Crippen molar-refractivity contribution >= 4 is 33.8 Å². The van der Waals surface area contributed by atoms with Crippen molar-refractivity contribution in [2.75, 3.05) is 10.8 Å². The molecule has 0 bridgehead atoms. The quantitative estimate of drug-likeness (QED) is 0.209. The van der Waals surface area contributed by atoms with Crippen LogP contribution in [0, 0.1) is 0 Å². The van der Waals surface area contributed by atoms with Gasteiger partial charge < -0.3 is 4.74 Å². The Labute approximate surface area is 205 Å². The molecular formula is C26H27N3O5S. The van der Waals surface area contributed by atoms with Gasteiger partial charge in [-0.1, -0.05) is 44.2 Å². The zero-order valence-electron chi connectivity index (χ0n) is 19.7. The number of amides is 1. The number of carbonyl (C=O) groups is 2. The zero-order chi connectivity index (χ0) is 25.4. The van der Waals surface area contributed by atoms with Gasteiger partial charge in [-0.15, -0.1) is 0 Å². The maximum Gasteiger partial charge on any atom is 0.308 e. The monoisotopic (exact) mass is 493 g/mol. The molecule has 3 rings (SSSR count). The molecule has 0 saturated heterocycles. The number of sulfonamides is 1. The van der Waals surface area contributed by atoms with Gasteiger partial charge in [0.25, 0.3) is 15.9 Å². The van der Waals surface area contributed by atoms with Crippen LogP contribution in [0.1, 0.15) is 37.8 Å². The molecule has 0 unspecified atom stereocenters. The molecule has 1 amide bonds. The lowest BCUT2D eigenvalue weighted by Crippen LogP contribution is -2.39. The topological polar surface area (TPSA) is 105 Å². The molecule has 0 heterocycles. The number of rotatable bonds is 9. The van der Waals surface area contributed by atoms with Crippen molar-refractivity contribution in [1.82, 2.24) is 5.43 Å². The molecule has 0 atom stereocenters. The fourth-order valence-corrected chi connectivity index (χ4v) is 4.63. The van der Waals surface area contributed by atoms with Crippen molar-refractivity contribution in [3.63, 3.8) is 0 Å². The molecule has 0 spiro atoms. The number of ether oxygens (including phenoxy) is 1. The second kappa shape index (κ2) is 11.4. The molecule has 0 aliphatic heterocycles. The fourth-order valence-electron chi connectivity index (χ4n) is 3.19. The van der Waals surface area contributed by atoms with Crippen LogP contribution in [-0.2, 0) is 19.6 Å². The molecule has 0 aromatic heterocycles. The largest absolute Gasteiger partial charge is 0.427 e. The van der Waals surface area contributed by atoms with E-state index in [2.05, 4.69) is 10.5 Å². The first kappa shape index (κ1) is 25.6. The second-order valence-corrected chi connectivity index (χ2v) is 9.89. The molecule has 3 aromatic carbocycles. The number of benzene rings is 3. The van der Waals surface area contributed by atoms with Crippen LogP contribution in [0.3, 0.4) is 0 Å². The van der Waals surface area contributed by atoms with Crippen molar-refractivity contribution < 1.29 is 22.7 Å². The zero-order valence-corrected chi connectivity index (χ0v) is 20.5. The lowest BCUT2D eigenvalue weighted by atomic mass is 10.0. The molecule has 0 aliphatic rings. The SMILES string of the molecule is CC(=O)Oc1ccc(C=NNC(=O)CN(c2ccc(C(C)C)cc2)S(=O)(=O)c2ccccc2)cc1. The summed E-state index contributed by atoms with van der Waals surface area (Å²) in [5, 5.41) is 3.92. The molecule has 182 valence electrons. The molecule has 0 radical (unpaired) electrons. The van der Waals surface area contributed by atoms with Crippen LogP contribution >= 0.6 is 0 Å². The second-order valence-electron chi connectivity index (χ2n) is 8.03. The first-order valence-electron chi connectivity index (χ1n) is 10.9. The van der Waals surface area contributed by atoms with Crippen molar-refractivity contribution in [2.24, 2.45) is 5.10 Å². The highest BCUT2D eigenvalue weighted by Gasteiger charge is 2.27. The molecule has 8 nitrogen and oxygen atoms in total. The Balaban J connectivity index is 1.77. The third-order valence-electron chi connectivity index (χ3n) is 5.01. The average molecular weight is 494 g/mol. The first-order chi connectivity index (χ1) is 16.7. The highest BCUT2D eigenvalue weighted by atomic mass is 32.2. The first-order valence-corrected chi connectivity index (χ1v) is 12.4. The average Bonchev–Trinajstić information content (AvgIpc) is 2.84. The standard InChI is InChI=1S/C26H27N3O5S/c1-19(2)22-11-13-23(14-12-22)29(35(32,33)25-7-5-4-6-8-25)18-26(31)28-27-17-21-9-15-24(16-10-21)34-20(3)30/h4-17,19H,18H2,1-3H3,(H,28,31). The van der Waals surface area contributed by atoms with Crippen LogP contribution in [0.2, 0.25) is 0 Å². The van der Waals surface area contributed by atoms with Crippen LogP contribution in [-0.4, -0.2) is 33.1 Å². The van der Waals surface area contributed by atoms with Crippen LogP contribution < -0.4 is 14.5 Å². The van der Waals surface area contributed by atoms with Crippen LogP contribution in [0.4, 0.5) is 5.69 Å². The van der Waals surface area contributed by atoms with Crippen molar-refractivity contribution in [3.05, 3.63) is 90.0 Å². The molecule has 0 saturated carbocycles. The molecule has 0 fully saturated rings. The number of anilines is 1. The lowest BCUT2D eigenvalue weighted by molar-refractivity contribution is -0.131. The maximum atomic E-state index is 13.4. The van der Waals surface area contributed by atoms with E-state index < -0.39 is 28.4 Å².